The molecule has 0 atom stereocenters. The second-order valence-electron chi connectivity index (χ2n) is 5.64. The summed E-state index contributed by atoms with van der Waals surface area (Å²) in [6.45, 7) is 7.36. The van der Waals surface area contributed by atoms with E-state index in [1.54, 1.807) is 0 Å². The average Bonchev–Trinajstić information content (AvgIpc) is 2.83. The molecule has 0 aliphatic rings. The smallest absolute Gasteiger partial charge is 0.239 e. The monoisotopic (exact) mass is 289 g/mol. The molecular weight excluding hydrogens is 266 g/mol. The Labute approximate surface area is 125 Å². The molecule has 0 aliphatic carbocycles. The fourth-order valence-electron chi connectivity index (χ4n) is 1.90. The SMILES string of the molecule is Cc1ccc(CN(C)c2ccc(N)c(OCC(C)C)n2)o1. The van der Waals surface area contributed by atoms with Crippen molar-refractivity contribution in [1.82, 2.24) is 4.98 Å². The van der Waals surface area contributed by atoms with Crippen LogP contribution >= 0.6 is 0 Å². The number of hydrogen-bond donors (Lipinski definition) is 1. The van der Waals surface area contributed by atoms with Crippen molar-refractivity contribution in [3.8, 4) is 5.88 Å². The molecule has 0 bridgehead atoms. The molecule has 0 spiro atoms. The number of hydrogen-bond acceptors (Lipinski definition) is 5. The van der Waals surface area contributed by atoms with Gasteiger partial charge < -0.3 is 19.8 Å². The van der Waals surface area contributed by atoms with Crippen LogP contribution in [0.1, 0.15) is 25.4 Å². The number of aromatic nitrogens is 1. The Hall–Kier alpha value is -2.17. The van der Waals surface area contributed by atoms with E-state index in [4.69, 9.17) is 14.9 Å². The number of nitrogen functional groups attached to an aromatic ring is 1. The summed E-state index contributed by atoms with van der Waals surface area (Å²) in [5.41, 5.74) is 6.46. The van der Waals surface area contributed by atoms with E-state index in [0.29, 0.717) is 30.6 Å². The van der Waals surface area contributed by atoms with Crippen LogP contribution in [0.25, 0.3) is 0 Å². The second-order valence-corrected chi connectivity index (χ2v) is 5.64. The lowest BCUT2D eigenvalue weighted by atomic mass is 10.2. The molecule has 2 rings (SSSR count). The Kier molecular flexibility index (Phi) is 4.73. The van der Waals surface area contributed by atoms with Crippen LogP contribution in [0.2, 0.25) is 0 Å². The Balaban J connectivity index is 2.09. The first-order valence-corrected chi connectivity index (χ1v) is 7.11. The first-order chi connectivity index (χ1) is 9.95. The lowest BCUT2D eigenvalue weighted by Gasteiger charge is -2.18. The van der Waals surface area contributed by atoms with Crippen LogP contribution in [-0.2, 0) is 6.54 Å². The van der Waals surface area contributed by atoms with E-state index in [1.807, 2.05) is 43.1 Å². The molecule has 114 valence electrons. The summed E-state index contributed by atoms with van der Waals surface area (Å²) < 4.78 is 11.2. The van der Waals surface area contributed by atoms with Crippen LogP contribution in [0.15, 0.2) is 28.7 Å². The molecule has 0 aromatic carbocycles. The summed E-state index contributed by atoms with van der Waals surface area (Å²) in [5.74, 6) is 3.53. The van der Waals surface area contributed by atoms with Crippen LogP contribution in [0, 0.1) is 12.8 Å². The highest BCUT2D eigenvalue weighted by Gasteiger charge is 2.10. The molecule has 0 aliphatic heterocycles. The summed E-state index contributed by atoms with van der Waals surface area (Å²) in [6.07, 6.45) is 0. The van der Waals surface area contributed by atoms with Crippen LogP contribution in [0.3, 0.4) is 0 Å². The molecule has 0 saturated carbocycles. The lowest BCUT2D eigenvalue weighted by molar-refractivity contribution is 0.263. The highest BCUT2D eigenvalue weighted by atomic mass is 16.5. The maximum atomic E-state index is 5.91. The number of nitrogens with zero attached hydrogens (tertiary/aromatic N) is 2. The molecule has 2 heterocycles. The Morgan fingerprint density at radius 2 is 2.05 bits per heavy atom. The van der Waals surface area contributed by atoms with Gasteiger partial charge in [0, 0.05) is 7.05 Å². The molecule has 0 radical (unpaired) electrons. The van der Waals surface area contributed by atoms with Crippen molar-refractivity contribution in [2.75, 3.05) is 24.3 Å². The van der Waals surface area contributed by atoms with Gasteiger partial charge in [0.25, 0.3) is 0 Å². The third-order valence-corrected chi connectivity index (χ3v) is 3.01. The summed E-state index contributed by atoms with van der Waals surface area (Å²) in [5, 5.41) is 0. The lowest BCUT2D eigenvalue weighted by Crippen LogP contribution is -2.18. The number of furan rings is 1. The van der Waals surface area contributed by atoms with Crippen molar-refractivity contribution in [1.29, 1.82) is 0 Å². The zero-order chi connectivity index (χ0) is 15.4. The third-order valence-electron chi connectivity index (χ3n) is 3.01. The van der Waals surface area contributed by atoms with E-state index in [-0.39, 0.29) is 0 Å². The van der Waals surface area contributed by atoms with Crippen molar-refractivity contribution < 1.29 is 9.15 Å². The van der Waals surface area contributed by atoms with E-state index >= 15 is 0 Å². The molecule has 21 heavy (non-hydrogen) atoms. The van der Waals surface area contributed by atoms with E-state index in [0.717, 1.165) is 17.3 Å². The number of anilines is 2. The fourth-order valence-corrected chi connectivity index (χ4v) is 1.90. The minimum absolute atomic E-state index is 0.429. The van der Waals surface area contributed by atoms with Gasteiger partial charge in [-0.3, -0.25) is 0 Å². The summed E-state index contributed by atoms with van der Waals surface area (Å²) in [7, 11) is 1.96. The minimum Gasteiger partial charge on any atom is -0.476 e. The van der Waals surface area contributed by atoms with Crippen LogP contribution in [-0.4, -0.2) is 18.6 Å². The first kappa shape index (κ1) is 15.2. The highest BCUT2D eigenvalue weighted by Crippen LogP contribution is 2.24. The topological polar surface area (TPSA) is 64.5 Å². The molecular formula is C16H23N3O2. The molecule has 0 amide bonds. The fraction of sp³-hybridized carbons (Fsp3) is 0.438. The first-order valence-electron chi connectivity index (χ1n) is 7.11. The van der Waals surface area contributed by atoms with Gasteiger partial charge in [-0.1, -0.05) is 13.8 Å². The van der Waals surface area contributed by atoms with Crippen LogP contribution in [0.5, 0.6) is 5.88 Å². The third kappa shape index (κ3) is 4.15. The van der Waals surface area contributed by atoms with Gasteiger partial charge >= 0.3 is 0 Å². The Morgan fingerprint density at radius 1 is 1.29 bits per heavy atom. The van der Waals surface area contributed by atoms with Crippen LogP contribution < -0.4 is 15.4 Å². The largest absolute Gasteiger partial charge is 0.476 e. The minimum atomic E-state index is 0.429. The van der Waals surface area contributed by atoms with Crippen molar-refractivity contribution >= 4 is 11.5 Å². The van der Waals surface area contributed by atoms with E-state index in [9.17, 15) is 0 Å². The summed E-state index contributed by atoms with van der Waals surface area (Å²) >= 11 is 0. The molecule has 5 heteroatoms. The van der Waals surface area contributed by atoms with Gasteiger partial charge in [0.1, 0.15) is 17.3 Å². The van der Waals surface area contributed by atoms with Gasteiger partial charge in [0.2, 0.25) is 5.88 Å². The number of ether oxygens (including phenoxy) is 1. The van der Waals surface area contributed by atoms with Gasteiger partial charge in [-0.2, -0.15) is 4.98 Å². The molecule has 0 saturated heterocycles. The maximum Gasteiger partial charge on any atom is 0.239 e. The van der Waals surface area contributed by atoms with E-state index in [1.165, 1.54) is 0 Å². The number of pyridine rings is 1. The van der Waals surface area contributed by atoms with Crippen molar-refractivity contribution in [2.45, 2.75) is 27.3 Å². The highest BCUT2D eigenvalue weighted by molar-refractivity contribution is 5.54. The predicted octanol–water partition coefficient (Wildman–Crippen LogP) is 3.24. The number of nitrogens with two attached hydrogens (primary N) is 1. The molecule has 2 aromatic rings. The summed E-state index contributed by atoms with van der Waals surface area (Å²) in [4.78, 5) is 6.48. The molecule has 2 N–H and O–H groups in total. The molecule has 5 nitrogen and oxygen atoms in total. The van der Waals surface area contributed by atoms with Crippen molar-refractivity contribution in [3.63, 3.8) is 0 Å². The van der Waals surface area contributed by atoms with Crippen molar-refractivity contribution in [2.24, 2.45) is 5.92 Å². The van der Waals surface area contributed by atoms with Gasteiger partial charge in [-0.05, 0) is 37.1 Å². The van der Waals surface area contributed by atoms with Gasteiger partial charge in [-0.25, -0.2) is 0 Å². The number of rotatable bonds is 6. The summed E-state index contributed by atoms with van der Waals surface area (Å²) in [6, 6.07) is 7.63. The van der Waals surface area contributed by atoms with Gasteiger partial charge in [0.05, 0.1) is 18.8 Å². The zero-order valence-electron chi connectivity index (χ0n) is 13.1. The van der Waals surface area contributed by atoms with Gasteiger partial charge in [-0.15, -0.1) is 0 Å². The predicted molar refractivity (Wildman–Crippen MR) is 84.5 cm³/mol. The number of aryl methyl sites for hydroxylation is 1. The van der Waals surface area contributed by atoms with E-state index in [2.05, 4.69) is 18.8 Å². The van der Waals surface area contributed by atoms with Crippen LogP contribution in [0.4, 0.5) is 11.5 Å². The van der Waals surface area contributed by atoms with Gasteiger partial charge in [0.15, 0.2) is 0 Å². The zero-order valence-corrected chi connectivity index (χ0v) is 13.1. The second kappa shape index (κ2) is 6.52. The average molecular weight is 289 g/mol. The maximum absolute atomic E-state index is 5.91. The Bertz CT molecular complexity index is 593. The standard InChI is InChI=1S/C16H23N3O2/c1-11(2)10-20-16-14(17)7-8-15(18-16)19(4)9-13-6-5-12(3)21-13/h5-8,11H,9-10,17H2,1-4H3. The molecule has 2 aromatic heterocycles. The molecule has 0 fully saturated rings. The molecule has 0 unspecified atom stereocenters. The Morgan fingerprint density at radius 3 is 2.67 bits per heavy atom. The quantitative estimate of drug-likeness (QED) is 0.884. The van der Waals surface area contributed by atoms with E-state index < -0.39 is 0 Å². The normalized spacial score (nSPS) is 10.9. The van der Waals surface area contributed by atoms with Crippen molar-refractivity contribution in [3.05, 3.63) is 35.8 Å².